The standard InChI is InChI=1S/C21H28N2O4/c1-3-19(24)23-11-8-21(9-12-23)14-17(15-27-21)20(25)22-10-13-26-18-7-5-4-6-16(18)2/h3-7,17H,1,8-15H2,2H3,(H,22,25). The number of nitrogens with one attached hydrogen (secondary N) is 1. The first kappa shape index (κ1) is 19.4. The van der Waals surface area contributed by atoms with Gasteiger partial charge in [0.2, 0.25) is 11.8 Å². The number of likely N-dealkylation sites (tertiary alicyclic amines) is 1. The second-order valence-corrected chi connectivity index (χ2v) is 7.33. The SMILES string of the molecule is C=CC(=O)N1CCC2(CC1)CC(C(=O)NCCOc1ccccc1C)CO2. The number of para-hydroxylation sites is 1. The van der Waals surface area contributed by atoms with Crippen molar-refractivity contribution >= 4 is 11.8 Å². The average molecular weight is 372 g/mol. The van der Waals surface area contributed by atoms with Gasteiger partial charge in [0.05, 0.1) is 24.7 Å². The van der Waals surface area contributed by atoms with Crippen LogP contribution < -0.4 is 10.1 Å². The molecule has 2 aliphatic heterocycles. The highest BCUT2D eigenvalue weighted by Crippen LogP contribution is 2.38. The predicted molar refractivity (Wildman–Crippen MR) is 102 cm³/mol. The van der Waals surface area contributed by atoms with E-state index < -0.39 is 0 Å². The molecule has 0 aliphatic carbocycles. The number of carbonyl (C=O) groups is 2. The van der Waals surface area contributed by atoms with Crippen molar-refractivity contribution in [3.63, 3.8) is 0 Å². The number of aryl methyl sites for hydroxylation is 1. The molecule has 2 amide bonds. The monoisotopic (exact) mass is 372 g/mol. The highest BCUT2D eigenvalue weighted by atomic mass is 16.5. The van der Waals surface area contributed by atoms with Gasteiger partial charge in [0.1, 0.15) is 12.4 Å². The van der Waals surface area contributed by atoms with Crippen molar-refractivity contribution in [3.8, 4) is 5.75 Å². The van der Waals surface area contributed by atoms with Crippen molar-refractivity contribution in [2.45, 2.75) is 31.8 Å². The topological polar surface area (TPSA) is 67.9 Å². The second-order valence-electron chi connectivity index (χ2n) is 7.33. The lowest BCUT2D eigenvalue weighted by molar-refractivity contribution is -0.130. The third-order valence-corrected chi connectivity index (χ3v) is 5.49. The van der Waals surface area contributed by atoms with Crippen LogP contribution in [-0.2, 0) is 14.3 Å². The molecular formula is C21H28N2O4. The molecule has 27 heavy (non-hydrogen) atoms. The number of carbonyl (C=O) groups excluding carboxylic acids is 2. The maximum absolute atomic E-state index is 12.4. The Hall–Kier alpha value is -2.34. The molecule has 2 heterocycles. The van der Waals surface area contributed by atoms with Crippen molar-refractivity contribution in [1.82, 2.24) is 10.2 Å². The average Bonchev–Trinajstić information content (AvgIpc) is 3.10. The predicted octanol–water partition coefficient (Wildman–Crippen LogP) is 2.07. The summed E-state index contributed by atoms with van der Waals surface area (Å²) >= 11 is 0. The number of amides is 2. The molecule has 146 valence electrons. The smallest absolute Gasteiger partial charge is 0.245 e. The molecule has 1 unspecified atom stereocenters. The van der Waals surface area contributed by atoms with Gasteiger partial charge < -0.3 is 19.7 Å². The number of piperidine rings is 1. The molecule has 0 bridgehead atoms. The highest BCUT2D eigenvalue weighted by Gasteiger charge is 2.45. The molecule has 1 aromatic rings. The Bertz CT molecular complexity index is 695. The summed E-state index contributed by atoms with van der Waals surface area (Å²) in [5.74, 6) is 0.691. The zero-order chi connectivity index (χ0) is 19.3. The van der Waals surface area contributed by atoms with Crippen LogP contribution in [0.3, 0.4) is 0 Å². The van der Waals surface area contributed by atoms with E-state index in [1.807, 2.05) is 31.2 Å². The first-order valence-electron chi connectivity index (χ1n) is 9.54. The van der Waals surface area contributed by atoms with Crippen molar-refractivity contribution in [1.29, 1.82) is 0 Å². The van der Waals surface area contributed by atoms with E-state index in [0.29, 0.717) is 39.3 Å². The Labute approximate surface area is 160 Å². The van der Waals surface area contributed by atoms with Crippen molar-refractivity contribution in [2.24, 2.45) is 5.92 Å². The molecule has 2 fully saturated rings. The summed E-state index contributed by atoms with van der Waals surface area (Å²) in [7, 11) is 0. The fourth-order valence-corrected chi connectivity index (χ4v) is 3.82. The van der Waals surface area contributed by atoms with Gasteiger partial charge in [-0.15, -0.1) is 0 Å². The lowest BCUT2D eigenvalue weighted by atomic mass is 9.85. The molecule has 0 radical (unpaired) electrons. The van der Waals surface area contributed by atoms with Gasteiger partial charge in [0.25, 0.3) is 0 Å². The Kier molecular flexibility index (Phi) is 6.16. The molecule has 6 heteroatoms. The van der Waals surface area contributed by atoms with Crippen LogP contribution in [0.25, 0.3) is 0 Å². The second kappa shape index (κ2) is 8.57. The van der Waals surface area contributed by atoms with Gasteiger partial charge in [-0.3, -0.25) is 9.59 Å². The highest BCUT2D eigenvalue weighted by molar-refractivity contribution is 5.87. The molecule has 1 aromatic carbocycles. The summed E-state index contributed by atoms with van der Waals surface area (Å²) in [6.45, 7) is 8.20. The number of hydrogen-bond acceptors (Lipinski definition) is 4. The zero-order valence-electron chi connectivity index (χ0n) is 15.9. The van der Waals surface area contributed by atoms with Crippen molar-refractivity contribution < 1.29 is 19.1 Å². The van der Waals surface area contributed by atoms with Gasteiger partial charge in [0.15, 0.2) is 0 Å². The lowest BCUT2D eigenvalue weighted by Crippen LogP contribution is -2.46. The third kappa shape index (κ3) is 4.69. The largest absolute Gasteiger partial charge is 0.491 e. The summed E-state index contributed by atoms with van der Waals surface area (Å²) < 4.78 is 11.7. The molecular weight excluding hydrogens is 344 g/mol. The van der Waals surface area contributed by atoms with Crippen molar-refractivity contribution in [2.75, 3.05) is 32.8 Å². The molecule has 0 saturated carbocycles. The van der Waals surface area contributed by atoms with Gasteiger partial charge in [-0.25, -0.2) is 0 Å². The summed E-state index contributed by atoms with van der Waals surface area (Å²) in [6.07, 6.45) is 3.61. The van der Waals surface area contributed by atoms with E-state index in [-0.39, 0.29) is 23.3 Å². The van der Waals surface area contributed by atoms with E-state index in [1.54, 1.807) is 4.90 Å². The minimum atomic E-state index is -0.266. The first-order valence-corrected chi connectivity index (χ1v) is 9.54. The lowest BCUT2D eigenvalue weighted by Gasteiger charge is -2.38. The van der Waals surface area contributed by atoms with E-state index in [4.69, 9.17) is 9.47 Å². The van der Waals surface area contributed by atoms with Gasteiger partial charge in [0, 0.05) is 13.1 Å². The maximum Gasteiger partial charge on any atom is 0.245 e. The normalized spacial score (nSPS) is 21.1. The summed E-state index contributed by atoms with van der Waals surface area (Å²) in [5, 5.41) is 2.95. The van der Waals surface area contributed by atoms with Crippen molar-refractivity contribution in [3.05, 3.63) is 42.5 Å². The zero-order valence-corrected chi connectivity index (χ0v) is 15.9. The van der Waals surface area contributed by atoms with Gasteiger partial charge in [-0.2, -0.15) is 0 Å². The molecule has 2 saturated heterocycles. The summed E-state index contributed by atoms with van der Waals surface area (Å²) in [4.78, 5) is 25.9. The van der Waals surface area contributed by atoms with E-state index in [1.165, 1.54) is 6.08 Å². The van der Waals surface area contributed by atoms with Crippen LogP contribution in [0.2, 0.25) is 0 Å². The van der Waals surface area contributed by atoms with Crippen LogP contribution >= 0.6 is 0 Å². The van der Waals surface area contributed by atoms with Crippen LogP contribution in [0.1, 0.15) is 24.8 Å². The maximum atomic E-state index is 12.4. The molecule has 2 aliphatic rings. The molecule has 1 atom stereocenters. The Balaban J connectivity index is 1.40. The quantitative estimate of drug-likeness (QED) is 0.613. The molecule has 1 spiro atoms. The summed E-state index contributed by atoms with van der Waals surface area (Å²) in [6, 6.07) is 7.83. The van der Waals surface area contributed by atoms with Gasteiger partial charge in [-0.1, -0.05) is 24.8 Å². The van der Waals surface area contributed by atoms with Crippen LogP contribution in [0.15, 0.2) is 36.9 Å². The number of nitrogens with zero attached hydrogens (tertiary/aromatic N) is 1. The van der Waals surface area contributed by atoms with Crippen LogP contribution in [0.4, 0.5) is 0 Å². The Morgan fingerprint density at radius 1 is 1.37 bits per heavy atom. The van der Waals surface area contributed by atoms with E-state index in [9.17, 15) is 9.59 Å². The minimum Gasteiger partial charge on any atom is -0.491 e. The summed E-state index contributed by atoms with van der Waals surface area (Å²) in [5.41, 5.74) is 0.814. The fourth-order valence-electron chi connectivity index (χ4n) is 3.82. The number of rotatable bonds is 6. The van der Waals surface area contributed by atoms with Crippen LogP contribution in [-0.4, -0.2) is 55.2 Å². The molecule has 1 N–H and O–H groups in total. The number of benzene rings is 1. The fraction of sp³-hybridized carbons (Fsp3) is 0.524. The molecule has 6 nitrogen and oxygen atoms in total. The van der Waals surface area contributed by atoms with E-state index in [2.05, 4.69) is 11.9 Å². The molecule has 0 aromatic heterocycles. The van der Waals surface area contributed by atoms with Gasteiger partial charge >= 0.3 is 0 Å². The van der Waals surface area contributed by atoms with Crippen LogP contribution in [0, 0.1) is 12.8 Å². The minimum absolute atomic E-state index is 0.0184. The van der Waals surface area contributed by atoms with E-state index in [0.717, 1.165) is 24.2 Å². The van der Waals surface area contributed by atoms with Gasteiger partial charge in [-0.05, 0) is 43.9 Å². The third-order valence-electron chi connectivity index (χ3n) is 5.49. The Morgan fingerprint density at radius 3 is 2.81 bits per heavy atom. The Morgan fingerprint density at radius 2 is 2.11 bits per heavy atom. The first-order chi connectivity index (χ1) is 13.0. The van der Waals surface area contributed by atoms with E-state index >= 15 is 0 Å². The molecule has 3 rings (SSSR count). The number of hydrogen-bond donors (Lipinski definition) is 1. The number of ether oxygens (including phenoxy) is 2. The van der Waals surface area contributed by atoms with Crippen LogP contribution in [0.5, 0.6) is 5.75 Å².